The molecule has 2 aliphatic heterocycles. The monoisotopic (exact) mass is 520 g/mol. The smallest absolute Gasteiger partial charge is 0.331 e. The number of pyridine rings is 2. The molecule has 1 unspecified atom stereocenters. The van der Waals surface area contributed by atoms with Crippen molar-refractivity contribution in [3.63, 3.8) is 0 Å². The number of hydrogen-bond acceptors (Lipinski definition) is 7. The second-order valence-corrected chi connectivity index (χ2v) is 10.3. The van der Waals surface area contributed by atoms with Crippen LogP contribution in [-0.2, 0) is 4.79 Å². The number of carbonyl (C=O) groups is 3. The van der Waals surface area contributed by atoms with Gasteiger partial charge in [-0.1, -0.05) is 6.58 Å². The molecule has 5 rings (SSSR count). The third-order valence-corrected chi connectivity index (χ3v) is 7.42. The van der Waals surface area contributed by atoms with Crippen molar-refractivity contribution < 1.29 is 19.1 Å². The molecule has 11 heteroatoms. The van der Waals surface area contributed by atoms with Gasteiger partial charge in [-0.25, -0.2) is 14.8 Å². The van der Waals surface area contributed by atoms with E-state index in [0.29, 0.717) is 56.8 Å². The van der Waals surface area contributed by atoms with Crippen LogP contribution in [0.3, 0.4) is 0 Å². The molecule has 0 saturated carbocycles. The van der Waals surface area contributed by atoms with Gasteiger partial charge in [-0.2, -0.15) is 0 Å². The Labute approximate surface area is 218 Å². The van der Waals surface area contributed by atoms with Crippen molar-refractivity contribution in [1.82, 2.24) is 20.2 Å². The highest BCUT2D eigenvalue weighted by atomic mass is 32.1. The number of aromatic nitrogens is 2. The fourth-order valence-electron chi connectivity index (χ4n) is 4.73. The molecule has 0 aromatic carbocycles. The van der Waals surface area contributed by atoms with Crippen molar-refractivity contribution in [2.24, 2.45) is 0 Å². The van der Waals surface area contributed by atoms with Crippen LogP contribution in [0.15, 0.2) is 37.1 Å². The van der Waals surface area contributed by atoms with Gasteiger partial charge in [0.05, 0.1) is 34.2 Å². The second-order valence-electron chi connectivity index (χ2n) is 9.30. The first-order valence-corrected chi connectivity index (χ1v) is 13.0. The number of piperidine rings is 1. The predicted molar refractivity (Wildman–Crippen MR) is 143 cm³/mol. The van der Waals surface area contributed by atoms with Crippen molar-refractivity contribution in [3.8, 4) is 5.88 Å². The standard InChI is InChI=1S/C26H28N6O4S/c1-5-20(33)31-12-6-7-16(13-31)29-24(34)23-22-21-18(10-11-27-25(21)37-23)32(26(35)30-22)17-8-9-19(28-15(17)4)36-14(2)3/h5,8-11,14,16H,1,6-7,12-13H2,2-4H3,(H,29,34)(H,30,35). The number of rotatable bonds is 6. The minimum atomic E-state index is -0.393. The molecule has 2 aliphatic rings. The summed E-state index contributed by atoms with van der Waals surface area (Å²) in [7, 11) is 0. The summed E-state index contributed by atoms with van der Waals surface area (Å²) in [6.45, 7) is 10.3. The van der Waals surface area contributed by atoms with E-state index in [-0.39, 0.29) is 24.0 Å². The van der Waals surface area contributed by atoms with Crippen molar-refractivity contribution >= 4 is 56.5 Å². The van der Waals surface area contributed by atoms with Crippen LogP contribution in [0, 0.1) is 6.92 Å². The SMILES string of the molecule is C=CC(=O)N1CCCC(NC(=O)c2sc3nccc4c3c2NC(=O)N4c2ccc(OC(C)C)nc2C)C1. The zero-order valence-electron chi connectivity index (χ0n) is 20.9. The largest absolute Gasteiger partial charge is 0.475 e. The third kappa shape index (κ3) is 4.62. The second kappa shape index (κ2) is 9.81. The molecule has 1 saturated heterocycles. The zero-order valence-corrected chi connectivity index (χ0v) is 21.7. The number of nitrogens with one attached hydrogen (secondary N) is 2. The number of likely N-dealkylation sites (tertiary alicyclic amines) is 1. The zero-order chi connectivity index (χ0) is 26.3. The van der Waals surface area contributed by atoms with Crippen LogP contribution in [0.2, 0.25) is 0 Å². The Bertz CT molecular complexity index is 1420. The lowest BCUT2D eigenvalue weighted by Gasteiger charge is -2.32. The lowest BCUT2D eigenvalue weighted by atomic mass is 10.1. The van der Waals surface area contributed by atoms with E-state index in [1.807, 2.05) is 20.8 Å². The van der Waals surface area contributed by atoms with Gasteiger partial charge in [0.25, 0.3) is 5.91 Å². The Morgan fingerprint density at radius 3 is 2.84 bits per heavy atom. The summed E-state index contributed by atoms with van der Waals surface area (Å²) < 4.78 is 5.69. The molecule has 0 spiro atoms. The van der Waals surface area contributed by atoms with E-state index in [0.717, 1.165) is 12.8 Å². The van der Waals surface area contributed by atoms with Crippen LogP contribution in [0.4, 0.5) is 21.9 Å². The number of urea groups is 1. The third-order valence-electron chi connectivity index (χ3n) is 6.32. The van der Waals surface area contributed by atoms with Gasteiger partial charge in [0, 0.05) is 31.4 Å². The number of carbonyl (C=O) groups excluding carboxylic acids is 3. The summed E-state index contributed by atoms with van der Waals surface area (Å²) in [4.78, 5) is 52.0. The highest BCUT2D eigenvalue weighted by Gasteiger charge is 2.34. The summed E-state index contributed by atoms with van der Waals surface area (Å²) in [5, 5.41) is 6.65. The number of thiophene rings is 1. The first-order chi connectivity index (χ1) is 17.8. The Kier molecular flexibility index (Phi) is 6.55. The minimum Gasteiger partial charge on any atom is -0.475 e. The lowest BCUT2D eigenvalue weighted by molar-refractivity contribution is -0.127. The van der Waals surface area contributed by atoms with Gasteiger partial charge in [-0.05, 0) is 51.8 Å². The molecule has 1 atom stereocenters. The Hall–Kier alpha value is -3.99. The first kappa shape index (κ1) is 24.7. The van der Waals surface area contributed by atoms with Crippen LogP contribution in [0.25, 0.3) is 10.2 Å². The summed E-state index contributed by atoms with van der Waals surface area (Å²) in [6, 6.07) is 4.72. The van der Waals surface area contributed by atoms with Crippen LogP contribution >= 0.6 is 11.3 Å². The van der Waals surface area contributed by atoms with E-state index in [9.17, 15) is 14.4 Å². The number of ether oxygens (including phenoxy) is 1. The van der Waals surface area contributed by atoms with E-state index in [4.69, 9.17) is 4.74 Å². The van der Waals surface area contributed by atoms with E-state index in [1.54, 1.807) is 34.2 Å². The highest BCUT2D eigenvalue weighted by molar-refractivity contribution is 7.21. The topological polar surface area (TPSA) is 117 Å². The number of hydrogen-bond donors (Lipinski definition) is 2. The maximum absolute atomic E-state index is 13.4. The Morgan fingerprint density at radius 1 is 1.30 bits per heavy atom. The predicted octanol–water partition coefficient (Wildman–Crippen LogP) is 4.38. The summed E-state index contributed by atoms with van der Waals surface area (Å²) in [5.74, 6) is 0.0362. The van der Waals surface area contributed by atoms with Gasteiger partial charge in [0.2, 0.25) is 11.8 Å². The van der Waals surface area contributed by atoms with Gasteiger partial charge in [0.1, 0.15) is 9.71 Å². The quantitative estimate of drug-likeness (QED) is 0.466. The lowest BCUT2D eigenvalue weighted by Crippen LogP contribution is -2.49. The van der Waals surface area contributed by atoms with Crippen LogP contribution in [0.1, 0.15) is 42.1 Å². The normalized spacial score (nSPS) is 17.1. The average molecular weight is 521 g/mol. The Balaban J connectivity index is 1.46. The van der Waals surface area contributed by atoms with Gasteiger partial charge < -0.3 is 20.3 Å². The van der Waals surface area contributed by atoms with E-state index < -0.39 is 6.03 Å². The number of aryl methyl sites for hydroxylation is 1. The molecular formula is C26H28N6O4S. The van der Waals surface area contributed by atoms with Crippen molar-refractivity contribution in [1.29, 1.82) is 0 Å². The van der Waals surface area contributed by atoms with E-state index in [1.165, 1.54) is 17.4 Å². The van der Waals surface area contributed by atoms with Gasteiger partial charge in [-0.3, -0.25) is 14.5 Å². The molecule has 2 N–H and O–H groups in total. The number of amides is 4. The molecule has 5 heterocycles. The molecule has 0 aliphatic carbocycles. The molecule has 0 radical (unpaired) electrons. The molecule has 192 valence electrons. The van der Waals surface area contributed by atoms with Crippen LogP contribution in [0.5, 0.6) is 5.88 Å². The average Bonchev–Trinajstić information content (AvgIpc) is 3.24. The van der Waals surface area contributed by atoms with Gasteiger partial charge in [0.15, 0.2) is 0 Å². The molecule has 3 aromatic heterocycles. The fourth-order valence-corrected chi connectivity index (χ4v) is 5.76. The van der Waals surface area contributed by atoms with Gasteiger partial charge >= 0.3 is 6.03 Å². The Morgan fingerprint density at radius 2 is 2.11 bits per heavy atom. The van der Waals surface area contributed by atoms with Crippen molar-refractivity contribution in [2.45, 2.75) is 45.8 Å². The molecule has 3 aromatic rings. The van der Waals surface area contributed by atoms with Crippen LogP contribution in [-0.4, -0.2) is 57.9 Å². The minimum absolute atomic E-state index is 0.0204. The molecular weight excluding hydrogens is 492 g/mol. The molecule has 1 fully saturated rings. The van der Waals surface area contributed by atoms with Crippen molar-refractivity contribution in [3.05, 3.63) is 47.6 Å². The summed E-state index contributed by atoms with van der Waals surface area (Å²) in [5.41, 5.74) is 2.31. The first-order valence-electron chi connectivity index (χ1n) is 12.2. The summed E-state index contributed by atoms with van der Waals surface area (Å²) in [6.07, 6.45) is 4.45. The molecule has 10 nitrogen and oxygen atoms in total. The van der Waals surface area contributed by atoms with E-state index in [2.05, 4.69) is 27.2 Å². The summed E-state index contributed by atoms with van der Waals surface area (Å²) >= 11 is 1.23. The molecule has 4 amide bonds. The van der Waals surface area contributed by atoms with Crippen LogP contribution < -0.4 is 20.3 Å². The maximum atomic E-state index is 13.4. The van der Waals surface area contributed by atoms with E-state index >= 15 is 0 Å². The number of anilines is 3. The maximum Gasteiger partial charge on any atom is 0.331 e. The fraction of sp³-hybridized carbons (Fsp3) is 0.346. The highest BCUT2D eigenvalue weighted by Crippen LogP contribution is 2.46. The van der Waals surface area contributed by atoms with Crippen molar-refractivity contribution in [2.75, 3.05) is 23.3 Å². The molecule has 0 bridgehead atoms. The number of nitrogens with zero attached hydrogens (tertiary/aromatic N) is 4. The molecule has 37 heavy (non-hydrogen) atoms. The van der Waals surface area contributed by atoms with Gasteiger partial charge in [-0.15, -0.1) is 11.3 Å².